The van der Waals surface area contributed by atoms with Crippen molar-refractivity contribution in [1.82, 2.24) is 4.90 Å². The summed E-state index contributed by atoms with van der Waals surface area (Å²) >= 11 is 0. The van der Waals surface area contributed by atoms with Gasteiger partial charge in [0.05, 0.1) is 30.5 Å². The molecule has 0 amide bonds. The van der Waals surface area contributed by atoms with Gasteiger partial charge in [0.25, 0.3) is 0 Å². The number of fused-ring (bicyclic) bond motifs is 5. The van der Waals surface area contributed by atoms with Gasteiger partial charge in [-0.15, -0.1) is 0 Å². The van der Waals surface area contributed by atoms with Crippen molar-refractivity contribution in [3.8, 4) is 0 Å². The number of rotatable bonds is 1. The van der Waals surface area contributed by atoms with Crippen LogP contribution in [0, 0.1) is 11.8 Å². The number of carbonyl (C=O) groups is 1. The summed E-state index contributed by atoms with van der Waals surface area (Å²) in [6, 6.07) is 0.304. The second-order valence-corrected chi connectivity index (χ2v) is 6.71. The summed E-state index contributed by atoms with van der Waals surface area (Å²) in [4.78, 5) is 19.9. The minimum absolute atomic E-state index is 0.122. The van der Waals surface area contributed by atoms with E-state index >= 15 is 0 Å². The first kappa shape index (κ1) is 14.6. The summed E-state index contributed by atoms with van der Waals surface area (Å²) in [5, 5.41) is 0. The van der Waals surface area contributed by atoms with Gasteiger partial charge in [0, 0.05) is 12.5 Å². The van der Waals surface area contributed by atoms with E-state index in [1.165, 1.54) is 18.3 Å². The number of ether oxygens (including phenoxy) is 1. The quantitative estimate of drug-likeness (QED) is 0.552. The first-order valence-corrected chi connectivity index (χ1v) is 8.28. The number of aliphatic imine (C=N–C) groups is 1. The number of likely N-dealkylation sites (N-methyl/N-ethyl adjacent to an activating group) is 1. The normalized spacial score (nSPS) is 34.0. The van der Waals surface area contributed by atoms with Gasteiger partial charge in [0.1, 0.15) is 0 Å². The molecule has 0 N–H and O–H groups in total. The Morgan fingerprint density at radius 1 is 1.48 bits per heavy atom. The molecule has 23 heavy (non-hydrogen) atoms. The van der Waals surface area contributed by atoms with Gasteiger partial charge in [-0.25, -0.2) is 0 Å². The molecule has 0 radical (unpaired) electrons. The van der Waals surface area contributed by atoms with Crippen molar-refractivity contribution in [2.75, 3.05) is 20.7 Å². The van der Waals surface area contributed by atoms with Crippen LogP contribution in [0.5, 0.6) is 0 Å². The Hall–Kier alpha value is -1.94. The number of piperidine rings is 1. The van der Waals surface area contributed by atoms with E-state index in [1.54, 1.807) is 0 Å². The lowest BCUT2D eigenvalue weighted by atomic mass is 9.65. The van der Waals surface area contributed by atoms with Crippen LogP contribution >= 0.6 is 0 Å². The molecule has 2 bridgehead atoms. The molecule has 0 aromatic carbocycles. The molecule has 120 valence electrons. The largest absolute Gasteiger partial charge is 0.469 e. The first-order chi connectivity index (χ1) is 11.2. The molecule has 1 saturated carbocycles. The van der Waals surface area contributed by atoms with Gasteiger partial charge in [-0.3, -0.25) is 14.7 Å². The summed E-state index contributed by atoms with van der Waals surface area (Å²) in [5.74, 6) is -0.0917. The second-order valence-electron chi connectivity index (χ2n) is 6.71. The predicted octanol–water partition coefficient (Wildman–Crippen LogP) is 2.65. The molecule has 2 heterocycles. The fourth-order valence-corrected chi connectivity index (χ4v) is 4.52. The minimum Gasteiger partial charge on any atom is -0.469 e. The average molecular weight is 310 g/mol. The molecule has 2 aliphatic heterocycles. The highest BCUT2D eigenvalue weighted by atomic mass is 16.5. The van der Waals surface area contributed by atoms with E-state index in [1.807, 2.05) is 0 Å². The number of esters is 1. The zero-order valence-corrected chi connectivity index (χ0v) is 13.9. The van der Waals surface area contributed by atoms with Crippen LogP contribution in [0.25, 0.3) is 0 Å². The molecule has 0 aromatic rings. The Morgan fingerprint density at radius 3 is 3.04 bits per heavy atom. The summed E-state index contributed by atoms with van der Waals surface area (Å²) in [7, 11) is 3.65. The molecular formula is C19H22N2O2. The van der Waals surface area contributed by atoms with Crippen molar-refractivity contribution in [3.05, 3.63) is 46.7 Å². The summed E-state index contributed by atoms with van der Waals surface area (Å²) in [6.07, 6.45) is 10.2. The van der Waals surface area contributed by atoms with Gasteiger partial charge in [-0.05, 0) is 44.0 Å². The Morgan fingerprint density at radius 2 is 2.30 bits per heavy atom. The number of hydrogen-bond acceptors (Lipinski definition) is 4. The number of allylic oxidation sites excluding steroid dienone is 5. The van der Waals surface area contributed by atoms with E-state index in [-0.39, 0.29) is 17.8 Å². The highest BCUT2D eigenvalue weighted by Crippen LogP contribution is 2.49. The molecule has 2 fully saturated rings. The summed E-state index contributed by atoms with van der Waals surface area (Å²) in [6.45, 7) is 2.97. The van der Waals surface area contributed by atoms with Gasteiger partial charge in [0.15, 0.2) is 0 Å². The Bertz CT molecular complexity index is 724. The number of hydrogen-bond donors (Lipinski definition) is 0. The van der Waals surface area contributed by atoms with E-state index < -0.39 is 0 Å². The van der Waals surface area contributed by atoms with Gasteiger partial charge in [-0.2, -0.15) is 0 Å². The second kappa shape index (κ2) is 5.31. The Kier molecular flexibility index (Phi) is 3.38. The van der Waals surface area contributed by atoms with Crippen molar-refractivity contribution < 1.29 is 9.53 Å². The number of likely N-dealkylation sites (tertiary alicyclic amines) is 1. The third-order valence-electron chi connectivity index (χ3n) is 5.64. The molecule has 4 heteroatoms. The van der Waals surface area contributed by atoms with Gasteiger partial charge in [-0.1, -0.05) is 23.8 Å². The van der Waals surface area contributed by atoms with Gasteiger partial charge < -0.3 is 4.74 Å². The van der Waals surface area contributed by atoms with Crippen LogP contribution in [0.4, 0.5) is 0 Å². The van der Waals surface area contributed by atoms with Gasteiger partial charge >= 0.3 is 5.97 Å². The smallest absolute Gasteiger partial charge is 0.313 e. The Labute approximate surface area is 136 Å². The SMILES string of the molecule is C/C=C1\CN(C)[C@H]2C[C@@H]1[C@@H](C(=O)OC)C1=C3CC=CC=C3N=C12. The van der Waals surface area contributed by atoms with E-state index in [9.17, 15) is 4.79 Å². The third-order valence-corrected chi connectivity index (χ3v) is 5.64. The predicted molar refractivity (Wildman–Crippen MR) is 90.1 cm³/mol. The lowest BCUT2D eigenvalue weighted by Crippen LogP contribution is -2.54. The molecule has 2 aliphatic carbocycles. The molecule has 4 rings (SSSR count). The molecule has 0 unspecified atom stereocenters. The lowest BCUT2D eigenvalue weighted by molar-refractivity contribution is -0.145. The molecule has 0 spiro atoms. The van der Waals surface area contributed by atoms with Crippen LogP contribution in [0.2, 0.25) is 0 Å². The van der Waals surface area contributed by atoms with E-state index in [0.29, 0.717) is 6.04 Å². The topological polar surface area (TPSA) is 41.9 Å². The number of methoxy groups -OCH3 is 1. The van der Waals surface area contributed by atoms with Crippen molar-refractivity contribution in [2.45, 2.75) is 25.8 Å². The molecule has 1 saturated heterocycles. The van der Waals surface area contributed by atoms with Crippen LogP contribution in [-0.2, 0) is 9.53 Å². The van der Waals surface area contributed by atoms with E-state index in [2.05, 4.69) is 43.2 Å². The average Bonchev–Trinajstić information content (AvgIpc) is 2.96. The fraction of sp³-hybridized carbons (Fsp3) is 0.474. The summed E-state index contributed by atoms with van der Waals surface area (Å²) < 4.78 is 5.18. The minimum atomic E-state index is -0.206. The monoisotopic (exact) mass is 310 g/mol. The van der Waals surface area contributed by atoms with Gasteiger partial charge in [0.2, 0.25) is 0 Å². The number of nitrogens with zero attached hydrogens (tertiary/aromatic N) is 2. The van der Waals surface area contributed by atoms with Crippen molar-refractivity contribution >= 4 is 11.7 Å². The van der Waals surface area contributed by atoms with Crippen LogP contribution in [0.1, 0.15) is 19.8 Å². The highest BCUT2D eigenvalue weighted by molar-refractivity contribution is 6.13. The van der Waals surface area contributed by atoms with Crippen molar-refractivity contribution in [1.29, 1.82) is 0 Å². The van der Waals surface area contributed by atoms with E-state index in [4.69, 9.17) is 9.73 Å². The molecule has 4 aliphatic rings. The zero-order chi connectivity index (χ0) is 16.1. The fourth-order valence-electron chi connectivity index (χ4n) is 4.52. The molecule has 0 aromatic heterocycles. The van der Waals surface area contributed by atoms with Crippen molar-refractivity contribution in [3.63, 3.8) is 0 Å². The van der Waals surface area contributed by atoms with E-state index in [0.717, 1.165) is 36.4 Å². The number of carbonyl (C=O) groups excluding carboxylic acids is 1. The van der Waals surface area contributed by atoms with Crippen LogP contribution in [0.3, 0.4) is 0 Å². The van der Waals surface area contributed by atoms with Crippen LogP contribution in [0.15, 0.2) is 51.7 Å². The molecule has 3 atom stereocenters. The van der Waals surface area contributed by atoms with Crippen LogP contribution < -0.4 is 0 Å². The molecule has 4 nitrogen and oxygen atoms in total. The molecular weight excluding hydrogens is 288 g/mol. The highest BCUT2D eigenvalue weighted by Gasteiger charge is 2.51. The van der Waals surface area contributed by atoms with Crippen LogP contribution in [-0.4, -0.2) is 43.3 Å². The first-order valence-electron chi connectivity index (χ1n) is 8.28. The zero-order valence-electron chi connectivity index (χ0n) is 13.9. The lowest BCUT2D eigenvalue weighted by Gasteiger charge is -2.47. The maximum absolute atomic E-state index is 12.6. The maximum atomic E-state index is 12.6. The standard InChI is InChI=1S/C19H22N2O2/c1-4-11-10-21(2)15-9-13(11)17(19(22)23-3)16-12-7-5-6-8-14(12)20-18(15)16/h4-6,8,13,15,17H,7,9-10H2,1-3H3/b11-4+/t13-,15-,17+/m0/s1. The van der Waals surface area contributed by atoms with Crippen molar-refractivity contribution in [2.24, 2.45) is 16.8 Å². The maximum Gasteiger partial charge on any atom is 0.313 e. The summed E-state index contributed by atoms with van der Waals surface area (Å²) in [5.41, 5.74) is 5.83. The third kappa shape index (κ3) is 2.01. The Balaban J connectivity index is 1.90.